The highest BCUT2D eigenvalue weighted by atomic mass is 31.2. The minimum absolute atomic E-state index is 0.133. The molecule has 7 heteroatoms. The van der Waals surface area contributed by atoms with Crippen LogP contribution in [-0.4, -0.2) is 14.8 Å². The van der Waals surface area contributed by atoms with Crippen LogP contribution in [0.15, 0.2) is 72.9 Å². The van der Waals surface area contributed by atoms with Crippen LogP contribution in [-0.2, 0) is 4.57 Å². The Balaban J connectivity index is 2.12. The van der Waals surface area contributed by atoms with E-state index in [1.165, 1.54) is 12.1 Å². The highest BCUT2D eigenvalue weighted by molar-refractivity contribution is 7.73. The standard InChI is InChI=1S/C17H13N2O4P/c20-19(21)13-10-11-16(18-12-13)15-8-4-5-9-17(15)24(22,23)14-6-2-1-3-7-14/h1-12H,(H,22,23). The number of hydrogen-bond acceptors (Lipinski definition) is 4. The van der Waals surface area contributed by atoms with E-state index in [0.717, 1.165) is 6.20 Å². The summed E-state index contributed by atoms with van der Waals surface area (Å²) in [5.74, 6) is 0. The molecule has 0 spiro atoms. The number of rotatable bonds is 4. The molecular weight excluding hydrogens is 327 g/mol. The van der Waals surface area contributed by atoms with Crippen molar-refractivity contribution in [2.45, 2.75) is 0 Å². The summed E-state index contributed by atoms with van der Waals surface area (Å²) in [5.41, 5.74) is 0.745. The largest absolute Gasteiger partial charge is 0.338 e. The Bertz CT molecular complexity index is 927. The van der Waals surface area contributed by atoms with Gasteiger partial charge in [0.25, 0.3) is 13.1 Å². The lowest BCUT2D eigenvalue weighted by Crippen LogP contribution is -2.17. The first-order valence-corrected chi connectivity index (χ1v) is 8.75. The highest BCUT2D eigenvalue weighted by Crippen LogP contribution is 2.41. The van der Waals surface area contributed by atoms with E-state index in [1.807, 2.05) is 0 Å². The van der Waals surface area contributed by atoms with E-state index in [4.69, 9.17) is 0 Å². The minimum atomic E-state index is -3.81. The van der Waals surface area contributed by atoms with Crippen LogP contribution in [0.2, 0.25) is 0 Å². The zero-order valence-electron chi connectivity index (χ0n) is 12.4. The molecule has 120 valence electrons. The van der Waals surface area contributed by atoms with Gasteiger partial charge in [-0.3, -0.25) is 14.7 Å². The lowest BCUT2D eigenvalue weighted by molar-refractivity contribution is -0.385. The first-order chi connectivity index (χ1) is 11.5. The molecule has 0 amide bonds. The summed E-state index contributed by atoms with van der Waals surface area (Å²) in [6, 6.07) is 17.8. The molecule has 1 unspecified atom stereocenters. The highest BCUT2D eigenvalue weighted by Gasteiger charge is 2.27. The van der Waals surface area contributed by atoms with Gasteiger partial charge in [0, 0.05) is 16.9 Å². The van der Waals surface area contributed by atoms with Crippen molar-refractivity contribution in [3.05, 3.63) is 83.0 Å². The molecule has 6 nitrogen and oxygen atoms in total. The van der Waals surface area contributed by atoms with Crippen LogP contribution in [0, 0.1) is 10.1 Å². The summed E-state index contributed by atoms with van der Waals surface area (Å²) in [7, 11) is -3.81. The van der Waals surface area contributed by atoms with Crippen molar-refractivity contribution < 1.29 is 14.4 Å². The average molecular weight is 340 g/mol. The van der Waals surface area contributed by atoms with Gasteiger partial charge in [-0.15, -0.1) is 0 Å². The molecule has 0 aliphatic rings. The van der Waals surface area contributed by atoms with Crippen molar-refractivity contribution in [3.8, 4) is 11.3 Å². The van der Waals surface area contributed by atoms with Crippen molar-refractivity contribution in [2.24, 2.45) is 0 Å². The van der Waals surface area contributed by atoms with Gasteiger partial charge in [-0.05, 0) is 24.3 Å². The molecular formula is C17H13N2O4P. The van der Waals surface area contributed by atoms with Crippen molar-refractivity contribution in [1.82, 2.24) is 4.98 Å². The zero-order chi connectivity index (χ0) is 17.2. The van der Waals surface area contributed by atoms with E-state index < -0.39 is 12.3 Å². The van der Waals surface area contributed by atoms with E-state index >= 15 is 0 Å². The van der Waals surface area contributed by atoms with Crippen LogP contribution >= 0.6 is 7.37 Å². The molecule has 0 saturated heterocycles. The van der Waals surface area contributed by atoms with Crippen LogP contribution in [0.3, 0.4) is 0 Å². The Kier molecular flexibility index (Phi) is 4.25. The van der Waals surface area contributed by atoms with Crippen molar-refractivity contribution in [1.29, 1.82) is 0 Å². The third-order valence-corrected chi connectivity index (χ3v) is 5.61. The lowest BCUT2D eigenvalue weighted by atomic mass is 10.1. The molecule has 24 heavy (non-hydrogen) atoms. The van der Waals surface area contributed by atoms with Crippen molar-refractivity contribution in [3.63, 3.8) is 0 Å². The summed E-state index contributed by atoms with van der Waals surface area (Å²) in [6.07, 6.45) is 1.14. The number of nitrogens with zero attached hydrogens (tertiary/aromatic N) is 2. The van der Waals surface area contributed by atoms with Gasteiger partial charge in [0.2, 0.25) is 0 Å². The summed E-state index contributed by atoms with van der Waals surface area (Å²) >= 11 is 0. The summed E-state index contributed by atoms with van der Waals surface area (Å²) in [5, 5.41) is 11.3. The van der Waals surface area contributed by atoms with Gasteiger partial charge in [0.1, 0.15) is 6.20 Å². The van der Waals surface area contributed by atoms with Crippen LogP contribution in [0.5, 0.6) is 0 Å². The molecule has 3 rings (SSSR count). The van der Waals surface area contributed by atoms with Crippen LogP contribution < -0.4 is 10.6 Å². The van der Waals surface area contributed by atoms with E-state index in [1.54, 1.807) is 54.6 Å². The maximum absolute atomic E-state index is 13.0. The average Bonchev–Trinajstić information content (AvgIpc) is 2.62. The van der Waals surface area contributed by atoms with Gasteiger partial charge in [-0.1, -0.05) is 36.4 Å². The van der Waals surface area contributed by atoms with Crippen LogP contribution in [0.25, 0.3) is 11.3 Å². The fourth-order valence-electron chi connectivity index (χ4n) is 2.38. The SMILES string of the molecule is O=[N+]([O-])c1ccc(-c2ccccc2P(=O)(O)c2ccccc2)nc1. The summed E-state index contributed by atoms with van der Waals surface area (Å²) in [6.45, 7) is 0. The second kappa shape index (κ2) is 6.35. The lowest BCUT2D eigenvalue weighted by Gasteiger charge is -2.16. The number of aromatic nitrogens is 1. The maximum atomic E-state index is 13.0. The maximum Gasteiger partial charge on any atom is 0.287 e. The monoisotopic (exact) mass is 340 g/mol. The Morgan fingerprint density at radius 1 is 0.958 bits per heavy atom. The molecule has 3 aromatic rings. The molecule has 1 aromatic heterocycles. The third-order valence-electron chi connectivity index (χ3n) is 3.57. The second-order valence-corrected chi connectivity index (χ2v) is 7.24. The minimum Gasteiger partial charge on any atom is -0.338 e. The van der Waals surface area contributed by atoms with Crippen molar-refractivity contribution in [2.75, 3.05) is 0 Å². The van der Waals surface area contributed by atoms with E-state index in [-0.39, 0.29) is 11.0 Å². The number of hydrogen-bond donors (Lipinski definition) is 1. The molecule has 1 heterocycles. The molecule has 0 fully saturated rings. The van der Waals surface area contributed by atoms with E-state index in [9.17, 15) is 19.6 Å². The first kappa shape index (κ1) is 16.1. The Morgan fingerprint density at radius 2 is 1.62 bits per heavy atom. The molecule has 2 aromatic carbocycles. The van der Waals surface area contributed by atoms with Gasteiger partial charge >= 0.3 is 0 Å². The number of benzene rings is 2. The zero-order valence-corrected chi connectivity index (χ0v) is 13.3. The molecule has 1 N–H and O–H groups in total. The molecule has 0 saturated carbocycles. The van der Waals surface area contributed by atoms with Crippen LogP contribution in [0.1, 0.15) is 0 Å². The normalized spacial score (nSPS) is 13.2. The molecule has 1 atom stereocenters. The number of pyridine rings is 1. The fourth-order valence-corrected chi connectivity index (χ4v) is 4.04. The van der Waals surface area contributed by atoms with E-state index in [2.05, 4.69) is 4.98 Å². The predicted molar refractivity (Wildman–Crippen MR) is 91.9 cm³/mol. The molecule has 0 aliphatic heterocycles. The second-order valence-electron chi connectivity index (χ2n) is 5.09. The Morgan fingerprint density at radius 3 is 2.25 bits per heavy atom. The predicted octanol–water partition coefficient (Wildman–Crippen LogP) is 2.88. The topological polar surface area (TPSA) is 93.3 Å². The molecule has 0 bridgehead atoms. The van der Waals surface area contributed by atoms with Crippen molar-refractivity contribution >= 4 is 23.7 Å². The Labute approximate surface area is 138 Å². The van der Waals surface area contributed by atoms with Crippen LogP contribution in [0.4, 0.5) is 5.69 Å². The molecule has 0 radical (unpaired) electrons. The smallest absolute Gasteiger partial charge is 0.287 e. The van der Waals surface area contributed by atoms with Gasteiger partial charge in [0.15, 0.2) is 0 Å². The number of nitro groups is 1. The fraction of sp³-hybridized carbons (Fsp3) is 0. The quantitative estimate of drug-likeness (QED) is 0.448. The first-order valence-electron chi connectivity index (χ1n) is 7.09. The summed E-state index contributed by atoms with van der Waals surface area (Å²) in [4.78, 5) is 24.9. The van der Waals surface area contributed by atoms with Gasteiger partial charge in [0.05, 0.1) is 15.9 Å². The third kappa shape index (κ3) is 2.97. The van der Waals surface area contributed by atoms with Gasteiger partial charge in [-0.25, -0.2) is 4.98 Å². The molecule has 0 aliphatic carbocycles. The van der Waals surface area contributed by atoms with Gasteiger partial charge in [-0.2, -0.15) is 0 Å². The summed E-state index contributed by atoms with van der Waals surface area (Å²) < 4.78 is 13.0. The van der Waals surface area contributed by atoms with Gasteiger partial charge < -0.3 is 4.89 Å². The Hall–Kier alpha value is -2.82. The van der Waals surface area contributed by atoms with E-state index in [0.29, 0.717) is 16.6 Å².